The van der Waals surface area contributed by atoms with Gasteiger partial charge in [0, 0.05) is 25.5 Å². The van der Waals surface area contributed by atoms with Crippen molar-refractivity contribution in [2.24, 2.45) is 5.41 Å². The smallest absolute Gasteiger partial charge is 0.227 e. The largest absolute Gasteiger partial charge is 0.355 e. The number of pyridine rings is 1. The first-order valence-electron chi connectivity index (χ1n) is 6.09. The van der Waals surface area contributed by atoms with Gasteiger partial charge in [-0.05, 0) is 44.0 Å². The lowest BCUT2D eigenvalue weighted by Crippen LogP contribution is -2.41. The maximum absolute atomic E-state index is 12.0. The SMILES string of the molecule is CC1(C(=O)NCCc2ccncc2)CCNC1. The molecule has 4 heteroatoms. The van der Waals surface area contributed by atoms with Crippen LogP contribution in [0.1, 0.15) is 18.9 Å². The molecule has 2 rings (SSSR count). The maximum atomic E-state index is 12.0. The molecular formula is C13H19N3O. The Kier molecular flexibility index (Phi) is 3.74. The number of nitrogens with one attached hydrogen (secondary N) is 2. The van der Waals surface area contributed by atoms with Gasteiger partial charge < -0.3 is 10.6 Å². The van der Waals surface area contributed by atoms with Crippen LogP contribution in [-0.4, -0.2) is 30.5 Å². The molecular weight excluding hydrogens is 214 g/mol. The number of carbonyl (C=O) groups excluding carboxylic acids is 1. The highest BCUT2D eigenvalue weighted by Gasteiger charge is 2.35. The minimum atomic E-state index is -0.224. The van der Waals surface area contributed by atoms with Gasteiger partial charge in [0.05, 0.1) is 5.41 Å². The number of rotatable bonds is 4. The van der Waals surface area contributed by atoms with Crippen LogP contribution in [0.25, 0.3) is 0 Å². The Bertz CT molecular complexity index is 372. The molecule has 0 bridgehead atoms. The number of amides is 1. The summed E-state index contributed by atoms with van der Waals surface area (Å²) in [6.07, 6.45) is 5.34. The van der Waals surface area contributed by atoms with Crippen molar-refractivity contribution in [3.05, 3.63) is 30.1 Å². The van der Waals surface area contributed by atoms with E-state index >= 15 is 0 Å². The summed E-state index contributed by atoms with van der Waals surface area (Å²) in [6.45, 7) is 4.44. The summed E-state index contributed by atoms with van der Waals surface area (Å²) in [7, 11) is 0. The van der Waals surface area contributed by atoms with Crippen molar-refractivity contribution < 1.29 is 4.79 Å². The fourth-order valence-electron chi connectivity index (χ4n) is 2.09. The normalized spacial score (nSPS) is 23.6. The van der Waals surface area contributed by atoms with Crippen LogP contribution >= 0.6 is 0 Å². The van der Waals surface area contributed by atoms with Gasteiger partial charge in [0.1, 0.15) is 0 Å². The molecule has 0 radical (unpaired) electrons. The summed E-state index contributed by atoms with van der Waals surface area (Å²) in [5.41, 5.74) is 0.980. The number of nitrogens with zero attached hydrogens (tertiary/aromatic N) is 1. The second kappa shape index (κ2) is 5.27. The van der Waals surface area contributed by atoms with E-state index < -0.39 is 0 Å². The van der Waals surface area contributed by atoms with Crippen molar-refractivity contribution in [1.29, 1.82) is 0 Å². The third-order valence-corrected chi connectivity index (χ3v) is 3.37. The highest BCUT2D eigenvalue weighted by Crippen LogP contribution is 2.24. The van der Waals surface area contributed by atoms with Crippen molar-refractivity contribution in [2.45, 2.75) is 19.8 Å². The molecule has 1 unspecified atom stereocenters. The van der Waals surface area contributed by atoms with Crippen LogP contribution < -0.4 is 10.6 Å². The van der Waals surface area contributed by atoms with Crippen molar-refractivity contribution in [3.63, 3.8) is 0 Å². The first-order chi connectivity index (χ1) is 8.21. The second-order valence-electron chi connectivity index (χ2n) is 4.85. The predicted octanol–water partition coefficient (Wildman–Crippen LogP) is 0.740. The molecule has 1 saturated heterocycles. The van der Waals surface area contributed by atoms with Crippen molar-refractivity contribution in [1.82, 2.24) is 15.6 Å². The van der Waals surface area contributed by atoms with Crippen molar-refractivity contribution in [3.8, 4) is 0 Å². The topological polar surface area (TPSA) is 54.0 Å². The Balaban J connectivity index is 1.77. The zero-order valence-electron chi connectivity index (χ0n) is 10.2. The van der Waals surface area contributed by atoms with Crippen LogP contribution in [0.4, 0.5) is 0 Å². The monoisotopic (exact) mass is 233 g/mol. The maximum Gasteiger partial charge on any atom is 0.227 e. The summed E-state index contributed by atoms with van der Waals surface area (Å²) < 4.78 is 0. The van der Waals surface area contributed by atoms with E-state index in [9.17, 15) is 4.79 Å². The van der Waals surface area contributed by atoms with Gasteiger partial charge in [0.2, 0.25) is 5.91 Å². The number of hydrogen-bond donors (Lipinski definition) is 2. The van der Waals surface area contributed by atoms with E-state index in [1.807, 2.05) is 19.1 Å². The Hall–Kier alpha value is -1.42. The third-order valence-electron chi connectivity index (χ3n) is 3.37. The molecule has 1 aliphatic rings. The molecule has 1 aromatic rings. The van der Waals surface area contributed by atoms with E-state index in [0.29, 0.717) is 6.54 Å². The molecule has 17 heavy (non-hydrogen) atoms. The van der Waals surface area contributed by atoms with Crippen LogP contribution in [-0.2, 0) is 11.2 Å². The Morgan fingerprint density at radius 2 is 2.29 bits per heavy atom. The molecule has 1 atom stereocenters. The van der Waals surface area contributed by atoms with E-state index in [2.05, 4.69) is 15.6 Å². The summed E-state index contributed by atoms with van der Waals surface area (Å²) in [5.74, 6) is 0.163. The van der Waals surface area contributed by atoms with Gasteiger partial charge in [0.25, 0.3) is 0 Å². The van der Waals surface area contributed by atoms with E-state index in [0.717, 1.165) is 25.9 Å². The number of hydrogen-bond acceptors (Lipinski definition) is 3. The zero-order chi connectivity index (χ0) is 12.1. The molecule has 1 amide bonds. The number of carbonyl (C=O) groups is 1. The molecule has 1 aromatic heterocycles. The third kappa shape index (κ3) is 3.03. The molecule has 0 aliphatic carbocycles. The quantitative estimate of drug-likeness (QED) is 0.806. The fraction of sp³-hybridized carbons (Fsp3) is 0.538. The first kappa shape index (κ1) is 12.0. The average Bonchev–Trinajstić information content (AvgIpc) is 2.79. The highest BCUT2D eigenvalue weighted by atomic mass is 16.2. The lowest BCUT2D eigenvalue weighted by atomic mass is 9.89. The molecule has 0 aromatic carbocycles. The Morgan fingerprint density at radius 1 is 1.53 bits per heavy atom. The molecule has 2 N–H and O–H groups in total. The van der Waals surface area contributed by atoms with Crippen molar-refractivity contribution >= 4 is 5.91 Å². The predicted molar refractivity (Wildman–Crippen MR) is 66.5 cm³/mol. The van der Waals surface area contributed by atoms with Gasteiger partial charge in [-0.1, -0.05) is 0 Å². The molecule has 1 fully saturated rings. The van der Waals surface area contributed by atoms with Crippen LogP contribution in [0.5, 0.6) is 0 Å². The minimum absolute atomic E-state index is 0.163. The van der Waals surface area contributed by atoms with Gasteiger partial charge >= 0.3 is 0 Å². The van der Waals surface area contributed by atoms with E-state index in [1.54, 1.807) is 12.4 Å². The second-order valence-corrected chi connectivity index (χ2v) is 4.85. The fourth-order valence-corrected chi connectivity index (χ4v) is 2.09. The lowest BCUT2D eigenvalue weighted by Gasteiger charge is -2.21. The first-order valence-corrected chi connectivity index (χ1v) is 6.09. The molecule has 4 nitrogen and oxygen atoms in total. The van der Waals surface area contributed by atoms with Crippen LogP contribution in [0.2, 0.25) is 0 Å². The average molecular weight is 233 g/mol. The Morgan fingerprint density at radius 3 is 2.94 bits per heavy atom. The van der Waals surface area contributed by atoms with Crippen molar-refractivity contribution in [2.75, 3.05) is 19.6 Å². The lowest BCUT2D eigenvalue weighted by molar-refractivity contribution is -0.129. The van der Waals surface area contributed by atoms with Gasteiger partial charge in [-0.3, -0.25) is 9.78 Å². The van der Waals surface area contributed by atoms with Gasteiger partial charge in [0.15, 0.2) is 0 Å². The molecule has 2 heterocycles. The van der Waals surface area contributed by atoms with Gasteiger partial charge in [-0.2, -0.15) is 0 Å². The van der Waals surface area contributed by atoms with Gasteiger partial charge in [-0.25, -0.2) is 0 Å². The van der Waals surface area contributed by atoms with E-state index in [1.165, 1.54) is 5.56 Å². The summed E-state index contributed by atoms with van der Waals surface area (Å²) in [5, 5.41) is 6.25. The van der Waals surface area contributed by atoms with E-state index in [4.69, 9.17) is 0 Å². The molecule has 0 spiro atoms. The summed E-state index contributed by atoms with van der Waals surface area (Å²) in [6, 6.07) is 3.95. The minimum Gasteiger partial charge on any atom is -0.355 e. The standard InChI is InChI=1S/C13H19N3O/c1-13(5-9-15-10-13)12(17)16-8-4-11-2-6-14-7-3-11/h2-3,6-7,15H,4-5,8-10H2,1H3,(H,16,17). The zero-order valence-corrected chi connectivity index (χ0v) is 10.2. The highest BCUT2D eigenvalue weighted by molar-refractivity contribution is 5.82. The van der Waals surface area contributed by atoms with Crippen LogP contribution in [0.15, 0.2) is 24.5 Å². The molecule has 0 saturated carbocycles. The van der Waals surface area contributed by atoms with Gasteiger partial charge in [-0.15, -0.1) is 0 Å². The summed E-state index contributed by atoms with van der Waals surface area (Å²) in [4.78, 5) is 16.0. The Labute approximate surface area is 102 Å². The summed E-state index contributed by atoms with van der Waals surface area (Å²) >= 11 is 0. The van der Waals surface area contributed by atoms with Crippen LogP contribution in [0, 0.1) is 5.41 Å². The molecule has 92 valence electrons. The number of aromatic nitrogens is 1. The molecule has 1 aliphatic heterocycles. The van der Waals surface area contributed by atoms with E-state index in [-0.39, 0.29) is 11.3 Å². The van der Waals surface area contributed by atoms with Crippen LogP contribution in [0.3, 0.4) is 0 Å².